The highest BCUT2D eigenvalue weighted by molar-refractivity contribution is 5.89. The Bertz CT molecular complexity index is 1190. The van der Waals surface area contributed by atoms with Gasteiger partial charge < -0.3 is 9.30 Å². The third kappa shape index (κ3) is 3.00. The van der Waals surface area contributed by atoms with Crippen LogP contribution >= 0.6 is 0 Å². The summed E-state index contributed by atoms with van der Waals surface area (Å²) >= 11 is 0. The number of pyridine rings is 1. The maximum Gasteiger partial charge on any atom is 0.331 e. The molecule has 4 rings (SSSR count). The summed E-state index contributed by atoms with van der Waals surface area (Å²) in [5.74, 6) is -1.17. The molecule has 3 aromatic heterocycles. The average Bonchev–Trinajstić information content (AvgIpc) is 3.13. The van der Waals surface area contributed by atoms with Crippen molar-refractivity contribution in [2.45, 2.75) is 13.5 Å². The molecule has 4 aromatic rings. The molecule has 0 aliphatic heterocycles. The predicted octanol–water partition coefficient (Wildman–Crippen LogP) is 3.75. The molecule has 0 spiro atoms. The molecule has 0 unspecified atom stereocenters. The van der Waals surface area contributed by atoms with Crippen LogP contribution in [0.5, 0.6) is 11.6 Å². The molecule has 0 bridgehead atoms. The largest absolute Gasteiger partial charge is 0.431 e. The van der Waals surface area contributed by atoms with Crippen LogP contribution in [-0.4, -0.2) is 29.7 Å². The molecule has 1 aromatic carbocycles. The van der Waals surface area contributed by atoms with Crippen molar-refractivity contribution >= 4 is 16.9 Å². The van der Waals surface area contributed by atoms with Gasteiger partial charge in [0.15, 0.2) is 17.2 Å². The molecule has 0 radical (unpaired) electrons. The van der Waals surface area contributed by atoms with Gasteiger partial charge in [-0.3, -0.25) is 10.1 Å². The first-order valence-corrected chi connectivity index (χ1v) is 8.32. The van der Waals surface area contributed by atoms with Gasteiger partial charge in [0.25, 0.3) is 5.88 Å². The van der Waals surface area contributed by atoms with E-state index in [1.54, 1.807) is 12.4 Å². The number of rotatable bonds is 5. The summed E-state index contributed by atoms with van der Waals surface area (Å²) in [5, 5.41) is 19.2. The normalized spacial score (nSPS) is 10.9. The van der Waals surface area contributed by atoms with Crippen LogP contribution in [0.4, 0.5) is 10.1 Å². The Balaban J connectivity index is 1.79. The maximum atomic E-state index is 14.3. The van der Waals surface area contributed by atoms with Crippen LogP contribution in [0.1, 0.15) is 6.92 Å². The summed E-state index contributed by atoms with van der Waals surface area (Å²) in [6.07, 6.45) is 4.51. The van der Waals surface area contributed by atoms with Crippen molar-refractivity contribution in [3.8, 4) is 22.8 Å². The lowest BCUT2D eigenvalue weighted by Gasteiger charge is -2.09. The third-order valence-electron chi connectivity index (χ3n) is 4.14. The molecule has 0 saturated carbocycles. The monoisotopic (exact) mass is 380 g/mol. The Labute approximate surface area is 157 Å². The molecular formula is C18H13FN6O3. The van der Waals surface area contributed by atoms with Crippen LogP contribution in [0.2, 0.25) is 0 Å². The molecule has 140 valence electrons. The van der Waals surface area contributed by atoms with Crippen LogP contribution in [0.3, 0.4) is 0 Å². The molecule has 0 saturated heterocycles. The molecule has 0 amide bonds. The van der Waals surface area contributed by atoms with Crippen LogP contribution in [0.25, 0.3) is 22.3 Å². The van der Waals surface area contributed by atoms with Crippen LogP contribution in [-0.2, 0) is 6.54 Å². The Kier molecular flexibility index (Phi) is 4.36. The van der Waals surface area contributed by atoms with Crippen molar-refractivity contribution in [1.82, 2.24) is 24.7 Å². The standard InChI is InChI=1S/C18H13FN6O3/c1-2-24-10-21-16-12(9-22-23-17(16)24)11-5-6-13(19)15(8-11)28-18-14(25(26)27)4-3-7-20-18/h3-10H,2H2,1H3. The first-order valence-electron chi connectivity index (χ1n) is 8.32. The predicted molar refractivity (Wildman–Crippen MR) is 97.4 cm³/mol. The van der Waals surface area contributed by atoms with Crippen molar-refractivity contribution < 1.29 is 14.1 Å². The summed E-state index contributed by atoms with van der Waals surface area (Å²) in [4.78, 5) is 18.7. The van der Waals surface area contributed by atoms with Gasteiger partial charge in [-0.25, -0.2) is 14.4 Å². The molecule has 3 heterocycles. The minimum atomic E-state index is -0.680. The fraction of sp³-hybridized carbons (Fsp3) is 0.111. The minimum Gasteiger partial charge on any atom is -0.431 e. The number of fused-ring (bicyclic) bond motifs is 1. The second kappa shape index (κ2) is 6.99. The van der Waals surface area contributed by atoms with Gasteiger partial charge in [0, 0.05) is 24.4 Å². The highest BCUT2D eigenvalue weighted by atomic mass is 19.1. The molecule has 0 aliphatic carbocycles. The number of benzene rings is 1. The fourth-order valence-electron chi connectivity index (χ4n) is 2.77. The molecule has 0 N–H and O–H groups in total. The Morgan fingerprint density at radius 3 is 2.93 bits per heavy atom. The number of halogens is 1. The SMILES string of the molecule is CCn1cnc2c(-c3ccc(F)c(Oc4ncccc4[N+](=O)[O-])c3)cnnc21. The van der Waals surface area contributed by atoms with Gasteiger partial charge in [0.05, 0.1) is 17.4 Å². The molecule has 0 atom stereocenters. The highest BCUT2D eigenvalue weighted by Gasteiger charge is 2.19. The summed E-state index contributed by atoms with van der Waals surface area (Å²) in [6.45, 7) is 2.63. The lowest BCUT2D eigenvalue weighted by atomic mass is 10.1. The number of hydrogen-bond donors (Lipinski definition) is 0. The van der Waals surface area contributed by atoms with Crippen molar-refractivity contribution in [2.75, 3.05) is 0 Å². The second-order valence-corrected chi connectivity index (χ2v) is 5.79. The number of nitrogens with zero attached hydrogens (tertiary/aromatic N) is 6. The van der Waals surface area contributed by atoms with Crippen LogP contribution < -0.4 is 4.74 Å². The van der Waals surface area contributed by atoms with Gasteiger partial charge >= 0.3 is 5.69 Å². The van der Waals surface area contributed by atoms with E-state index in [2.05, 4.69) is 20.2 Å². The zero-order chi connectivity index (χ0) is 19.7. The van der Waals surface area contributed by atoms with E-state index in [0.717, 1.165) is 0 Å². The van der Waals surface area contributed by atoms with E-state index < -0.39 is 10.7 Å². The number of aromatic nitrogens is 5. The Morgan fingerprint density at radius 2 is 2.14 bits per heavy atom. The van der Waals surface area contributed by atoms with Crippen LogP contribution in [0, 0.1) is 15.9 Å². The molecule has 0 fully saturated rings. The molecule has 9 nitrogen and oxygen atoms in total. The topological polar surface area (TPSA) is 109 Å². The van der Waals surface area contributed by atoms with E-state index in [-0.39, 0.29) is 17.3 Å². The summed E-state index contributed by atoms with van der Waals surface area (Å²) in [6, 6.07) is 6.83. The molecule has 28 heavy (non-hydrogen) atoms. The first-order chi connectivity index (χ1) is 13.6. The van der Waals surface area contributed by atoms with E-state index in [9.17, 15) is 14.5 Å². The van der Waals surface area contributed by atoms with Crippen molar-refractivity contribution in [3.05, 3.63) is 65.0 Å². The fourth-order valence-corrected chi connectivity index (χ4v) is 2.77. The minimum absolute atomic E-state index is 0.195. The molecule has 10 heteroatoms. The third-order valence-corrected chi connectivity index (χ3v) is 4.14. The highest BCUT2D eigenvalue weighted by Crippen LogP contribution is 2.34. The number of hydrogen-bond acceptors (Lipinski definition) is 7. The van der Waals surface area contributed by atoms with E-state index >= 15 is 0 Å². The number of ether oxygens (including phenoxy) is 1. The molecular weight excluding hydrogens is 367 g/mol. The van der Waals surface area contributed by atoms with E-state index in [1.165, 1.54) is 36.7 Å². The van der Waals surface area contributed by atoms with Gasteiger partial charge in [0.1, 0.15) is 5.52 Å². The Morgan fingerprint density at radius 1 is 1.29 bits per heavy atom. The van der Waals surface area contributed by atoms with Gasteiger partial charge in [-0.15, -0.1) is 5.10 Å². The maximum absolute atomic E-state index is 14.3. The first kappa shape index (κ1) is 17.5. The smallest absolute Gasteiger partial charge is 0.331 e. The van der Waals surface area contributed by atoms with Crippen molar-refractivity contribution in [2.24, 2.45) is 0 Å². The lowest BCUT2D eigenvalue weighted by Crippen LogP contribution is -1.98. The van der Waals surface area contributed by atoms with Gasteiger partial charge in [-0.1, -0.05) is 6.07 Å². The lowest BCUT2D eigenvalue weighted by molar-refractivity contribution is -0.386. The second-order valence-electron chi connectivity index (χ2n) is 5.79. The van der Waals surface area contributed by atoms with Gasteiger partial charge in [-0.2, -0.15) is 5.10 Å². The van der Waals surface area contributed by atoms with Gasteiger partial charge in [-0.05, 0) is 30.7 Å². The zero-order valence-electron chi connectivity index (χ0n) is 14.6. The van der Waals surface area contributed by atoms with E-state index in [1.807, 2.05) is 11.5 Å². The number of nitro groups is 1. The zero-order valence-corrected chi connectivity index (χ0v) is 14.6. The van der Waals surface area contributed by atoms with E-state index in [4.69, 9.17) is 4.74 Å². The number of aryl methyl sites for hydroxylation is 1. The van der Waals surface area contributed by atoms with E-state index in [0.29, 0.717) is 28.8 Å². The average molecular weight is 380 g/mol. The molecule has 0 aliphatic rings. The Hall–Kier alpha value is -3.95. The summed E-state index contributed by atoms with van der Waals surface area (Å²) in [7, 11) is 0. The van der Waals surface area contributed by atoms with Crippen molar-refractivity contribution in [1.29, 1.82) is 0 Å². The quantitative estimate of drug-likeness (QED) is 0.383. The summed E-state index contributed by atoms with van der Waals surface area (Å²) in [5.41, 5.74) is 2.07. The summed E-state index contributed by atoms with van der Waals surface area (Å²) < 4.78 is 21.6. The van der Waals surface area contributed by atoms with Crippen LogP contribution in [0.15, 0.2) is 49.1 Å². The van der Waals surface area contributed by atoms with Gasteiger partial charge in [0.2, 0.25) is 0 Å². The number of imidazole rings is 1. The van der Waals surface area contributed by atoms with Crippen molar-refractivity contribution in [3.63, 3.8) is 0 Å².